The van der Waals surface area contributed by atoms with Gasteiger partial charge in [0.05, 0.1) is 47.8 Å². The van der Waals surface area contributed by atoms with Crippen LogP contribution in [0.2, 0.25) is 5.02 Å². The molecule has 3 aliphatic heterocycles. The third-order valence-corrected chi connectivity index (χ3v) is 10.6. The zero-order valence-corrected chi connectivity index (χ0v) is 29.4. The second-order valence-electron chi connectivity index (χ2n) is 12.5. The van der Waals surface area contributed by atoms with Gasteiger partial charge in [-0.2, -0.15) is 0 Å². The summed E-state index contributed by atoms with van der Waals surface area (Å²) in [7, 11) is 0. The van der Waals surface area contributed by atoms with E-state index in [-0.39, 0.29) is 36.7 Å². The van der Waals surface area contributed by atoms with Gasteiger partial charge in [0, 0.05) is 17.8 Å². The van der Waals surface area contributed by atoms with Gasteiger partial charge in [0.25, 0.3) is 5.91 Å². The number of amides is 3. The Hall–Kier alpha value is -3.51. The molecular formula is C36H41BrClN3O7. The van der Waals surface area contributed by atoms with Gasteiger partial charge in [-0.1, -0.05) is 82.1 Å². The molecule has 3 amide bonds. The molecule has 1 spiro atoms. The van der Waals surface area contributed by atoms with Crippen molar-refractivity contribution in [3.05, 3.63) is 90.0 Å². The van der Waals surface area contributed by atoms with Crippen molar-refractivity contribution < 1.29 is 33.8 Å². The summed E-state index contributed by atoms with van der Waals surface area (Å²) in [6.45, 7) is 10.7. The van der Waals surface area contributed by atoms with E-state index in [0.717, 1.165) is 5.56 Å². The first kappa shape index (κ1) is 35.8. The maximum Gasteiger partial charge on any atom is 0.312 e. The number of carbonyl (C=O) groups excluding carboxylic acids is 4. The molecule has 2 aromatic rings. The summed E-state index contributed by atoms with van der Waals surface area (Å²) in [5, 5.41) is 13.9. The number of halogens is 2. The lowest BCUT2D eigenvalue weighted by molar-refractivity contribution is -0.159. The van der Waals surface area contributed by atoms with Gasteiger partial charge in [0.2, 0.25) is 11.8 Å². The zero-order chi connectivity index (χ0) is 34.7. The quantitative estimate of drug-likeness (QED) is 0.164. The molecule has 0 saturated carbocycles. The first-order chi connectivity index (χ1) is 23.0. The number of benzene rings is 2. The number of rotatable bonds is 14. The number of aliphatic hydroxyl groups excluding tert-OH is 1. The van der Waals surface area contributed by atoms with Gasteiger partial charge in [-0.15, -0.1) is 13.2 Å². The number of anilines is 1. The molecule has 0 aliphatic carbocycles. The van der Waals surface area contributed by atoms with Gasteiger partial charge in [-0.05, 0) is 43.9 Å². The molecule has 1 unspecified atom stereocenters. The molecule has 2 bridgehead atoms. The Morgan fingerprint density at radius 2 is 1.94 bits per heavy atom. The van der Waals surface area contributed by atoms with Crippen LogP contribution in [0.1, 0.15) is 43.4 Å². The fourth-order valence-electron chi connectivity index (χ4n) is 7.41. The minimum Gasteiger partial charge on any atom is -0.460 e. The Morgan fingerprint density at radius 1 is 1.21 bits per heavy atom. The van der Waals surface area contributed by atoms with E-state index >= 15 is 4.79 Å². The maximum atomic E-state index is 15.0. The molecule has 0 aromatic heterocycles. The molecule has 256 valence electrons. The van der Waals surface area contributed by atoms with Crippen molar-refractivity contribution in [3.8, 4) is 0 Å². The Kier molecular flexibility index (Phi) is 11.1. The van der Waals surface area contributed by atoms with E-state index in [0.29, 0.717) is 22.7 Å². The van der Waals surface area contributed by atoms with Crippen molar-refractivity contribution >= 4 is 56.9 Å². The largest absolute Gasteiger partial charge is 0.460 e. The third kappa shape index (κ3) is 6.45. The molecule has 3 fully saturated rings. The summed E-state index contributed by atoms with van der Waals surface area (Å²) < 4.78 is 12.5. The first-order valence-corrected chi connectivity index (χ1v) is 17.3. The number of allylic oxidation sites excluding steroid dienone is 1. The van der Waals surface area contributed by atoms with Crippen LogP contribution in [0.3, 0.4) is 0 Å². The second-order valence-corrected chi connectivity index (χ2v) is 14.1. The van der Waals surface area contributed by atoms with E-state index in [1.54, 1.807) is 55.5 Å². The van der Waals surface area contributed by atoms with Crippen LogP contribution >= 0.6 is 27.5 Å². The van der Waals surface area contributed by atoms with Crippen molar-refractivity contribution in [2.45, 2.75) is 67.8 Å². The lowest BCUT2D eigenvalue weighted by Crippen LogP contribution is -2.57. The highest BCUT2D eigenvalue weighted by molar-refractivity contribution is 9.09. The van der Waals surface area contributed by atoms with Gasteiger partial charge in [-0.3, -0.25) is 19.2 Å². The van der Waals surface area contributed by atoms with Crippen LogP contribution in [-0.2, 0) is 28.7 Å². The summed E-state index contributed by atoms with van der Waals surface area (Å²) in [6.07, 6.45) is 2.83. The van der Waals surface area contributed by atoms with Crippen LogP contribution in [0.15, 0.2) is 73.8 Å². The van der Waals surface area contributed by atoms with E-state index < -0.39 is 66.1 Å². The number of aryl methyl sites for hydroxylation is 1. The summed E-state index contributed by atoms with van der Waals surface area (Å²) in [5.41, 5.74) is 0.415. The molecule has 2 aromatic carbocycles. The average molecular weight is 743 g/mol. The fourth-order valence-corrected chi connectivity index (χ4v) is 8.68. The lowest BCUT2D eigenvalue weighted by atomic mass is 9.70. The number of para-hydroxylation sites is 1. The number of hydrogen-bond donors (Lipinski definition) is 2. The van der Waals surface area contributed by atoms with E-state index in [4.69, 9.17) is 21.1 Å². The lowest BCUT2D eigenvalue weighted by Gasteiger charge is -2.40. The number of ether oxygens (including phenoxy) is 2. The van der Waals surface area contributed by atoms with Crippen molar-refractivity contribution in [1.29, 1.82) is 0 Å². The van der Waals surface area contributed by atoms with E-state index in [9.17, 15) is 19.5 Å². The molecule has 3 aliphatic rings. The van der Waals surface area contributed by atoms with Crippen molar-refractivity contribution in [3.63, 3.8) is 0 Å². The highest BCUT2D eigenvalue weighted by Gasteiger charge is 2.77. The molecule has 8 atom stereocenters. The SMILES string of the molecule is C=CCCC(=O)NC[C@@H](C)OC(=O)[C@H]1[C@@H]2O[C@@]3(CC2Br)[C@@H]1C(=O)N([C@H](CO)c1ccccc1)[C@@H]3C(=O)N(CC=C)c1c(C)cccc1Cl. The highest BCUT2D eigenvalue weighted by atomic mass is 79.9. The maximum absolute atomic E-state index is 15.0. The highest BCUT2D eigenvalue weighted by Crippen LogP contribution is 2.61. The second kappa shape index (κ2) is 14.9. The molecule has 12 heteroatoms. The summed E-state index contributed by atoms with van der Waals surface area (Å²) >= 11 is 10.4. The predicted molar refractivity (Wildman–Crippen MR) is 186 cm³/mol. The molecular weight excluding hydrogens is 702 g/mol. The number of nitrogens with zero attached hydrogens (tertiary/aromatic N) is 2. The number of hydrogen-bond acceptors (Lipinski definition) is 7. The zero-order valence-electron chi connectivity index (χ0n) is 27.0. The summed E-state index contributed by atoms with van der Waals surface area (Å²) in [6, 6.07) is 12.1. The Bertz CT molecular complexity index is 1550. The van der Waals surface area contributed by atoms with Gasteiger partial charge in [0.15, 0.2) is 0 Å². The van der Waals surface area contributed by atoms with E-state index in [2.05, 4.69) is 34.4 Å². The number of aliphatic hydroxyl groups is 1. The normalized spacial score (nSPS) is 26.8. The van der Waals surface area contributed by atoms with Crippen LogP contribution < -0.4 is 10.2 Å². The van der Waals surface area contributed by atoms with Crippen LogP contribution in [-0.4, -0.2) is 82.1 Å². The molecule has 2 N–H and O–H groups in total. The minimum absolute atomic E-state index is 0.0838. The van der Waals surface area contributed by atoms with Gasteiger partial charge in [0.1, 0.15) is 17.7 Å². The van der Waals surface area contributed by atoms with E-state index in [1.807, 2.05) is 19.1 Å². The van der Waals surface area contributed by atoms with Crippen LogP contribution in [0.5, 0.6) is 0 Å². The number of esters is 1. The number of alkyl halides is 1. The summed E-state index contributed by atoms with van der Waals surface area (Å²) in [4.78, 5) is 58.4. The van der Waals surface area contributed by atoms with Gasteiger partial charge in [-0.25, -0.2) is 0 Å². The molecule has 48 heavy (non-hydrogen) atoms. The summed E-state index contributed by atoms with van der Waals surface area (Å²) in [5.74, 6) is -3.92. The predicted octanol–water partition coefficient (Wildman–Crippen LogP) is 4.66. The number of nitrogens with one attached hydrogen (secondary N) is 1. The standard InChI is InChI=1S/C36H41BrClN3O7/c1-5-7-16-27(43)39-19-22(4)47-35(46)28-29-33(44)41(26(20-42)23-13-9-8-10-14-23)32(36(29)18-24(37)31(28)48-36)34(45)40(17-6-2)30-21(3)12-11-15-25(30)38/h5-6,8-15,22,24,26,28-29,31-32,42H,1-2,7,16-20H2,3-4H3,(H,39,43)/t22-,24?,26-,28-,29+,31-,32-,36+/m1/s1. The monoisotopic (exact) mass is 741 g/mol. The number of likely N-dealkylation sites (tertiary alicyclic amines) is 1. The van der Waals surface area contributed by atoms with Crippen molar-refractivity contribution in [2.75, 3.05) is 24.6 Å². The van der Waals surface area contributed by atoms with Crippen molar-refractivity contribution in [1.82, 2.24) is 10.2 Å². The van der Waals surface area contributed by atoms with Gasteiger partial charge < -0.3 is 29.7 Å². The van der Waals surface area contributed by atoms with E-state index in [1.165, 1.54) is 9.80 Å². The fraction of sp³-hybridized carbons (Fsp3) is 0.444. The minimum atomic E-state index is -1.42. The topological polar surface area (TPSA) is 125 Å². The first-order valence-electron chi connectivity index (χ1n) is 16.1. The molecule has 5 rings (SSSR count). The Labute approximate surface area is 294 Å². The Morgan fingerprint density at radius 3 is 2.58 bits per heavy atom. The van der Waals surface area contributed by atoms with Crippen LogP contribution in [0, 0.1) is 18.8 Å². The molecule has 10 nitrogen and oxygen atoms in total. The molecule has 3 heterocycles. The molecule has 3 saturated heterocycles. The third-order valence-electron chi connectivity index (χ3n) is 9.44. The van der Waals surface area contributed by atoms with Gasteiger partial charge >= 0.3 is 5.97 Å². The number of carbonyl (C=O) groups is 4. The average Bonchev–Trinajstić information content (AvgIpc) is 3.66. The molecule has 0 radical (unpaired) electrons. The van der Waals surface area contributed by atoms with Crippen LogP contribution in [0.4, 0.5) is 5.69 Å². The smallest absolute Gasteiger partial charge is 0.312 e. The van der Waals surface area contributed by atoms with Crippen LogP contribution in [0.25, 0.3) is 0 Å². The number of fused-ring (bicyclic) bond motifs is 1. The van der Waals surface area contributed by atoms with Crippen molar-refractivity contribution in [2.24, 2.45) is 11.8 Å². The Balaban J connectivity index is 1.55.